The Hall–Kier alpha value is -8.58. The highest BCUT2D eigenvalue weighted by Gasteiger charge is 2.72. The zero-order valence-electron chi connectivity index (χ0n) is 37.2. The molecule has 72 heavy (non-hydrogen) atoms. The second-order valence-electron chi connectivity index (χ2n) is 28.2. The van der Waals surface area contributed by atoms with Crippen LogP contribution in [0.4, 0.5) is 0 Å². The van der Waals surface area contributed by atoms with Gasteiger partial charge in [-0.2, -0.15) is 0 Å². The Morgan fingerprint density at radius 3 is 0.458 bits per heavy atom. The fourth-order valence-electron chi connectivity index (χ4n) is 28.5. The molecule has 0 aliphatic heterocycles. The lowest BCUT2D eigenvalue weighted by Gasteiger charge is -2.57. The Labute approximate surface area is 390 Å². The third kappa shape index (κ3) is 1.24. The van der Waals surface area contributed by atoms with Crippen molar-refractivity contribution < 1.29 is 0 Å². The molecule has 0 heterocycles. The van der Waals surface area contributed by atoms with Gasteiger partial charge in [0.05, 0.1) is 0 Å². The molecule has 0 fully saturated rings. The highest BCUT2D eigenvalue weighted by atomic mass is 14.7. The monoisotopic (exact) mass is 872 g/mol. The molecule has 0 saturated heterocycles. The van der Waals surface area contributed by atoms with Crippen LogP contribution in [0, 0.1) is 0 Å². The molecule has 296 valence electrons. The topological polar surface area (TPSA) is 0 Å². The van der Waals surface area contributed by atoms with Crippen molar-refractivity contribution >= 4 is 323 Å². The largest absolute Gasteiger partial charge is 0.0537 e. The van der Waals surface area contributed by atoms with E-state index < -0.39 is 0 Å². The van der Waals surface area contributed by atoms with Gasteiger partial charge in [-0.1, -0.05) is 13.8 Å². The molecule has 4 atom stereocenters. The summed E-state index contributed by atoms with van der Waals surface area (Å²) in [5, 5.41) is 102. The maximum Gasteiger partial charge on any atom is 0.0215 e. The van der Waals surface area contributed by atoms with Gasteiger partial charge in [-0.3, -0.25) is 0 Å². The van der Waals surface area contributed by atoms with Gasteiger partial charge in [0, 0.05) is 22.7 Å². The van der Waals surface area contributed by atoms with E-state index in [0.717, 1.165) is 0 Å². The van der Waals surface area contributed by atoms with Gasteiger partial charge in [-0.15, -0.1) is 0 Å². The number of benzene rings is 21. The molecule has 31 aromatic rings. The van der Waals surface area contributed by atoms with E-state index in [1.54, 1.807) is 334 Å². The minimum atomic E-state index is -0.0853. The summed E-state index contributed by atoms with van der Waals surface area (Å²) < 4.78 is 0. The summed E-state index contributed by atoms with van der Waals surface area (Å²) in [6, 6.07) is 0. The second-order valence-corrected chi connectivity index (χ2v) is 28.2. The van der Waals surface area contributed by atoms with E-state index in [9.17, 15) is 0 Å². The van der Waals surface area contributed by atoms with Crippen molar-refractivity contribution in [1.82, 2.24) is 0 Å². The molecule has 0 spiro atoms. The first-order valence-electron chi connectivity index (χ1n) is 27.5. The normalized spacial score (nSPS) is 24.9. The smallest absolute Gasteiger partial charge is 0.0215 e. The van der Waals surface area contributed by atoms with Gasteiger partial charge in [0.25, 0.3) is 0 Å². The average Bonchev–Trinajstić information content (AvgIpc) is 4.23. The molecule has 0 aromatic heterocycles. The zero-order valence-corrected chi connectivity index (χ0v) is 37.2. The molecule has 31 aromatic carbocycles. The zero-order chi connectivity index (χ0) is 42.3. The van der Waals surface area contributed by atoms with Crippen molar-refractivity contribution in [3.8, 4) is 0 Å². The van der Waals surface area contributed by atoms with Crippen LogP contribution in [0.3, 0.4) is 0 Å². The first kappa shape index (κ1) is 25.5. The highest BCUT2D eigenvalue weighted by molar-refractivity contribution is 6.82. The lowest BCUT2D eigenvalue weighted by atomic mass is 9.44. The van der Waals surface area contributed by atoms with Crippen LogP contribution in [0.5, 0.6) is 0 Å². The van der Waals surface area contributed by atoms with Crippen LogP contribution < -0.4 is 0 Å². The fourth-order valence-corrected chi connectivity index (χ4v) is 28.5. The van der Waals surface area contributed by atoms with Crippen molar-refractivity contribution in [2.45, 2.75) is 36.5 Å². The molecule has 0 bridgehead atoms. The molecule has 0 nitrogen and oxygen atoms in total. The standard InChI is InChI=1S/C72H8/c1-71-67-59-51-41-31-24-15-9-3-4-6-8-7-5(3)11-18-13(7)22-23-14(8)19-12(6)21-17(10(4)15)26-32(24)42(41)52-46-36(26)28(21)38-30(19)40-34(23)44-43-33(22)39-29(18)37-27-20(11)16(9)25(31)35(27)45(51)55-49(37)57-47(39)53(43)61-62-54(44)48(40)58-50(38)56(46)64(68(71)60(52)59)66(58)70(62)72(71,2)69(61)65(57)63(55)67/h67,69H,1-2H3/t67?,69?,71-,72-/m0/s1. The summed E-state index contributed by atoms with van der Waals surface area (Å²) in [4.78, 5) is 0. The van der Waals surface area contributed by atoms with Gasteiger partial charge in [-0.05, 0) is 357 Å². The molecular formula is C72H8. The fraction of sp³-hybridized carbons (Fsp3) is 0.0833. The van der Waals surface area contributed by atoms with Gasteiger partial charge in [0.1, 0.15) is 0 Å². The Morgan fingerprint density at radius 1 is 0.139 bits per heavy atom. The number of hydrogen-bond donors (Lipinski definition) is 0. The highest BCUT2D eigenvalue weighted by Crippen LogP contribution is 2.87. The first-order chi connectivity index (χ1) is 35.7. The molecule has 6 aliphatic rings. The summed E-state index contributed by atoms with van der Waals surface area (Å²) in [5.74, 6) is 0.711. The van der Waals surface area contributed by atoms with E-state index in [1.807, 2.05) is 22.3 Å². The first-order valence-corrected chi connectivity index (χ1v) is 27.5. The van der Waals surface area contributed by atoms with E-state index in [2.05, 4.69) is 13.8 Å². The van der Waals surface area contributed by atoms with Crippen LogP contribution in [-0.2, 0) is 10.8 Å². The maximum absolute atomic E-state index is 2.93. The van der Waals surface area contributed by atoms with Crippen molar-refractivity contribution in [2.24, 2.45) is 0 Å². The molecular weight excluding hydrogens is 865 g/mol. The van der Waals surface area contributed by atoms with Crippen LogP contribution in [0.2, 0.25) is 0 Å². The summed E-state index contributed by atoms with van der Waals surface area (Å²) in [5.41, 5.74) is 10.7. The Kier molecular flexibility index (Phi) is 1.94. The molecule has 0 radical (unpaired) electrons. The van der Waals surface area contributed by atoms with Crippen LogP contribution >= 0.6 is 0 Å². The third-order valence-corrected chi connectivity index (χ3v) is 28.6. The van der Waals surface area contributed by atoms with Crippen LogP contribution in [0.1, 0.15) is 59.1 Å². The second kappa shape index (κ2) is 5.47. The van der Waals surface area contributed by atoms with Crippen molar-refractivity contribution in [1.29, 1.82) is 0 Å². The van der Waals surface area contributed by atoms with Gasteiger partial charge in [-0.25, -0.2) is 0 Å². The Morgan fingerprint density at radius 2 is 0.264 bits per heavy atom. The van der Waals surface area contributed by atoms with E-state index in [1.165, 1.54) is 0 Å². The Balaban J connectivity index is 1.22. The summed E-state index contributed by atoms with van der Waals surface area (Å²) in [6.45, 7) is 5.85. The lowest BCUT2D eigenvalue weighted by molar-refractivity contribution is 0.203. The van der Waals surface area contributed by atoms with Gasteiger partial charge in [0.15, 0.2) is 0 Å². The van der Waals surface area contributed by atoms with E-state index >= 15 is 0 Å². The Bertz CT molecular complexity index is 8320. The van der Waals surface area contributed by atoms with E-state index in [0.29, 0.717) is 11.8 Å². The molecule has 6 aliphatic carbocycles. The van der Waals surface area contributed by atoms with Crippen molar-refractivity contribution in [2.75, 3.05) is 0 Å². The molecule has 0 N–H and O–H groups in total. The predicted octanol–water partition coefficient (Wildman–Crippen LogP) is 19.9. The predicted molar refractivity (Wildman–Crippen MR) is 306 cm³/mol. The number of hydrogen-bond acceptors (Lipinski definition) is 0. The molecule has 0 amide bonds. The minimum absolute atomic E-state index is 0.0805. The molecule has 37 rings (SSSR count). The summed E-state index contributed by atoms with van der Waals surface area (Å²) in [7, 11) is 0. The summed E-state index contributed by atoms with van der Waals surface area (Å²) in [6.07, 6.45) is 0. The maximum atomic E-state index is 2.93. The van der Waals surface area contributed by atoms with Crippen LogP contribution in [0.25, 0.3) is 323 Å². The average molecular weight is 873 g/mol. The molecule has 2 unspecified atom stereocenters. The third-order valence-electron chi connectivity index (χ3n) is 28.6. The van der Waals surface area contributed by atoms with Crippen molar-refractivity contribution in [3.05, 3.63) is 33.4 Å². The van der Waals surface area contributed by atoms with Gasteiger partial charge in [0.2, 0.25) is 0 Å². The lowest BCUT2D eigenvalue weighted by Crippen LogP contribution is -2.54. The van der Waals surface area contributed by atoms with Gasteiger partial charge < -0.3 is 0 Å². The van der Waals surface area contributed by atoms with E-state index in [4.69, 9.17) is 0 Å². The van der Waals surface area contributed by atoms with Crippen LogP contribution in [-0.4, -0.2) is 0 Å². The van der Waals surface area contributed by atoms with E-state index in [-0.39, 0.29) is 10.8 Å². The van der Waals surface area contributed by atoms with Crippen molar-refractivity contribution in [3.63, 3.8) is 0 Å². The minimum Gasteiger partial charge on any atom is -0.0537 e. The summed E-state index contributed by atoms with van der Waals surface area (Å²) >= 11 is 0. The number of rotatable bonds is 0. The van der Waals surface area contributed by atoms with Gasteiger partial charge >= 0.3 is 0 Å². The molecule has 0 saturated carbocycles. The SMILES string of the molecule is C[C@]12c3c4c5c6c7c8c(c9c%10c%11c%12c%13c%14c(c%15c3c3c%16c4c4c6c6c%17c7c7c(c%108)c8c%11c%10c%12c%11c%14c%12c%15c3c3c%14c%16c%15c4c6c4c6c%17c7c7c8c8c%10c%10c%11c%12c3c3c%10c%10c8c7c6c6c4c%15c%14c3c%106)[C@]1(C)C9%13)C52. The molecule has 0 heteroatoms. The van der Waals surface area contributed by atoms with Crippen LogP contribution in [0.15, 0.2) is 0 Å². The quantitative estimate of drug-likeness (QED) is 0.105.